The maximum atomic E-state index is 12.4. The Bertz CT molecular complexity index is 889. The van der Waals surface area contributed by atoms with E-state index < -0.39 is 0 Å². The lowest BCUT2D eigenvalue weighted by molar-refractivity contribution is 0.194. The summed E-state index contributed by atoms with van der Waals surface area (Å²) in [5.74, 6) is 0. The average molecular weight is 424 g/mol. The Balaban J connectivity index is 1.48. The first-order valence-corrected chi connectivity index (χ1v) is 11.0. The highest BCUT2D eigenvalue weighted by atomic mass is 16.2. The Labute approximate surface area is 184 Å². The average Bonchev–Trinajstić information content (AvgIpc) is 2.78. The highest BCUT2D eigenvalue weighted by molar-refractivity contribution is 6.00. The number of carbonyl (C=O) groups is 2. The van der Waals surface area contributed by atoms with Gasteiger partial charge in [-0.05, 0) is 61.7 Å². The summed E-state index contributed by atoms with van der Waals surface area (Å²) < 4.78 is 0. The molecule has 0 aliphatic carbocycles. The number of aryl methyl sites for hydroxylation is 1. The van der Waals surface area contributed by atoms with E-state index in [1.165, 1.54) is 0 Å². The number of benzene rings is 2. The maximum Gasteiger partial charge on any atom is 0.323 e. The number of hydrogen-bond acceptors (Lipinski definition) is 3. The Morgan fingerprint density at radius 3 is 2.32 bits per heavy atom. The fourth-order valence-electron chi connectivity index (χ4n) is 3.58. The number of hydrogen-bond donors (Lipinski definition) is 3. The number of unbranched alkanes of at least 4 members (excludes halogenated alkanes) is 1. The van der Waals surface area contributed by atoms with Gasteiger partial charge in [0.1, 0.15) is 0 Å². The molecule has 7 nitrogen and oxygen atoms in total. The van der Waals surface area contributed by atoms with Crippen molar-refractivity contribution in [3.63, 3.8) is 0 Å². The predicted molar refractivity (Wildman–Crippen MR) is 127 cm³/mol. The molecule has 2 aromatic rings. The number of carbonyl (C=O) groups excluding carboxylic acids is 2. The second kappa shape index (κ2) is 10.7. The summed E-state index contributed by atoms with van der Waals surface area (Å²) in [5, 5.41) is 8.77. The van der Waals surface area contributed by atoms with Crippen LogP contribution in [0.5, 0.6) is 0 Å². The fraction of sp³-hybridized carbons (Fsp3) is 0.417. The van der Waals surface area contributed by atoms with Crippen LogP contribution in [0.2, 0.25) is 0 Å². The number of urea groups is 2. The van der Waals surface area contributed by atoms with E-state index in [4.69, 9.17) is 0 Å². The van der Waals surface area contributed by atoms with Crippen molar-refractivity contribution in [1.29, 1.82) is 0 Å². The summed E-state index contributed by atoms with van der Waals surface area (Å²) in [6, 6.07) is 13.4. The van der Waals surface area contributed by atoms with E-state index in [0.717, 1.165) is 60.7 Å². The molecule has 0 saturated carbocycles. The van der Waals surface area contributed by atoms with Gasteiger partial charge in [-0.3, -0.25) is 0 Å². The van der Waals surface area contributed by atoms with E-state index in [1.807, 2.05) is 61.2 Å². The quantitative estimate of drug-likeness (QED) is 0.595. The van der Waals surface area contributed by atoms with Gasteiger partial charge in [-0.2, -0.15) is 0 Å². The normalized spacial score (nSPS) is 13.6. The molecule has 4 amide bonds. The fourth-order valence-corrected chi connectivity index (χ4v) is 3.58. The molecule has 31 heavy (non-hydrogen) atoms. The Hall–Kier alpha value is -3.22. The van der Waals surface area contributed by atoms with Gasteiger partial charge >= 0.3 is 12.1 Å². The highest BCUT2D eigenvalue weighted by Gasteiger charge is 2.21. The topological polar surface area (TPSA) is 76.7 Å². The van der Waals surface area contributed by atoms with Gasteiger partial charge in [0.15, 0.2) is 0 Å². The van der Waals surface area contributed by atoms with Crippen LogP contribution in [-0.2, 0) is 0 Å². The van der Waals surface area contributed by atoms with Crippen LogP contribution >= 0.6 is 0 Å². The molecular weight excluding hydrogens is 390 g/mol. The maximum absolute atomic E-state index is 12.4. The van der Waals surface area contributed by atoms with E-state index in [9.17, 15) is 9.59 Å². The summed E-state index contributed by atoms with van der Waals surface area (Å²) in [4.78, 5) is 28.7. The van der Waals surface area contributed by atoms with Gasteiger partial charge in [-0.25, -0.2) is 9.59 Å². The lowest BCUT2D eigenvalue weighted by Gasteiger charge is -2.36. The summed E-state index contributed by atoms with van der Waals surface area (Å²) in [6.07, 6.45) is 2.08. The molecule has 3 N–H and O–H groups in total. The van der Waals surface area contributed by atoms with Crippen LogP contribution in [0.25, 0.3) is 0 Å². The minimum atomic E-state index is -0.260. The van der Waals surface area contributed by atoms with E-state index in [1.54, 1.807) is 0 Å². The first kappa shape index (κ1) is 22.5. The van der Waals surface area contributed by atoms with E-state index in [-0.39, 0.29) is 12.1 Å². The van der Waals surface area contributed by atoms with Gasteiger partial charge in [-0.1, -0.05) is 25.5 Å². The third-order valence-corrected chi connectivity index (χ3v) is 5.72. The lowest BCUT2D eigenvalue weighted by Crippen LogP contribution is -2.52. The molecule has 0 atom stereocenters. The number of amides is 4. The van der Waals surface area contributed by atoms with Crippen LogP contribution in [0, 0.1) is 13.8 Å². The zero-order valence-electron chi connectivity index (χ0n) is 18.7. The first-order chi connectivity index (χ1) is 15.0. The highest BCUT2D eigenvalue weighted by Crippen LogP contribution is 2.21. The van der Waals surface area contributed by atoms with Crippen molar-refractivity contribution in [2.24, 2.45) is 0 Å². The molecule has 0 radical (unpaired) electrons. The molecular formula is C24H33N5O2. The predicted octanol–water partition coefficient (Wildman–Crippen LogP) is 4.58. The van der Waals surface area contributed by atoms with Crippen molar-refractivity contribution in [2.45, 2.75) is 33.6 Å². The van der Waals surface area contributed by atoms with Crippen LogP contribution in [-0.4, -0.2) is 49.7 Å². The number of piperazine rings is 1. The molecule has 0 aromatic heterocycles. The molecule has 0 unspecified atom stereocenters. The second-order valence-corrected chi connectivity index (χ2v) is 7.93. The van der Waals surface area contributed by atoms with E-state index in [2.05, 4.69) is 27.8 Å². The molecule has 3 rings (SSSR count). The first-order valence-electron chi connectivity index (χ1n) is 11.0. The molecule has 1 heterocycles. The van der Waals surface area contributed by atoms with Crippen LogP contribution in [0.4, 0.5) is 26.7 Å². The molecule has 1 fully saturated rings. The molecule has 1 aliphatic heterocycles. The minimum Gasteiger partial charge on any atom is -0.368 e. The van der Waals surface area contributed by atoms with Gasteiger partial charge in [0.2, 0.25) is 0 Å². The number of rotatable bonds is 6. The van der Waals surface area contributed by atoms with Crippen molar-refractivity contribution in [3.05, 3.63) is 53.6 Å². The molecule has 2 aromatic carbocycles. The molecule has 0 spiro atoms. The summed E-state index contributed by atoms with van der Waals surface area (Å²) in [7, 11) is 0. The van der Waals surface area contributed by atoms with E-state index in [0.29, 0.717) is 13.1 Å². The molecule has 0 bridgehead atoms. The SMILES string of the molecule is CCCCNC(=O)N1CCN(c2ccc(NC(=O)Nc3cccc(C)c3C)cc2)CC1. The largest absolute Gasteiger partial charge is 0.368 e. The Kier molecular flexibility index (Phi) is 7.76. The second-order valence-electron chi connectivity index (χ2n) is 7.93. The summed E-state index contributed by atoms with van der Waals surface area (Å²) in [5.41, 5.74) is 4.84. The third-order valence-electron chi connectivity index (χ3n) is 5.72. The van der Waals surface area contributed by atoms with Crippen LogP contribution < -0.4 is 20.9 Å². The van der Waals surface area contributed by atoms with E-state index >= 15 is 0 Å². The van der Waals surface area contributed by atoms with Crippen LogP contribution in [0.1, 0.15) is 30.9 Å². The number of nitrogens with one attached hydrogen (secondary N) is 3. The summed E-state index contributed by atoms with van der Waals surface area (Å²) >= 11 is 0. The minimum absolute atomic E-state index is 0.0301. The van der Waals surface area contributed by atoms with Gasteiger partial charge < -0.3 is 25.8 Å². The van der Waals surface area contributed by atoms with Crippen molar-refractivity contribution in [3.8, 4) is 0 Å². The molecule has 1 saturated heterocycles. The molecule has 7 heteroatoms. The third kappa shape index (κ3) is 6.13. The Morgan fingerprint density at radius 1 is 0.935 bits per heavy atom. The Morgan fingerprint density at radius 2 is 1.65 bits per heavy atom. The number of nitrogens with zero attached hydrogens (tertiary/aromatic N) is 2. The zero-order chi connectivity index (χ0) is 22.2. The molecule has 1 aliphatic rings. The lowest BCUT2D eigenvalue weighted by atomic mass is 10.1. The van der Waals surface area contributed by atoms with Crippen molar-refractivity contribution in [1.82, 2.24) is 10.2 Å². The van der Waals surface area contributed by atoms with Gasteiger partial charge in [-0.15, -0.1) is 0 Å². The van der Waals surface area contributed by atoms with Crippen molar-refractivity contribution >= 4 is 29.1 Å². The summed E-state index contributed by atoms with van der Waals surface area (Å²) in [6.45, 7) is 9.86. The smallest absolute Gasteiger partial charge is 0.323 e. The van der Waals surface area contributed by atoms with Crippen LogP contribution in [0.3, 0.4) is 0 Å². The van der Waals surface area contributed by atoms with Crippen LogP contribution in [0.15, 0.2) is 42.5 Å². The monoisotopic (exact) mass is 423 g/mol. The number of anilines is 3. The van der Waals surface area contributed by atoms with Gasteiger partial charge in [0, 0.05) is 49.8 Å². The van der Waals surface area contributed by atoms with Gasteiger partial charge in [0.25, 0.3) is 0 Å². The molecule has 166 valence electrons. The van der Waals surface area contributed by atoms with Crippen molar-refractivity contribution < 1.29 is 9.59 Å². The van der Waals surface area contributed by atoms with Crippen molar-refractivity contribution in [2.75, 3.05) is 48.3 Å². The zero-order valence-corrected chi connectivity index (χ0v) is 18.7. The van der Waals surface area contributed by atoms with Gasteiger partial charge in [0.05, 0.1) is 0 Å². The standard InChI is InChI=1S/C24H33N5O2/c1-4-5-13-25-24(31)29-16-14-28(15-17-29)21-11-9-20(10-12-21)26-23(30)27-22-8-6-7-18(2)19(22)3/h6-12H,4-5,13-17H2,1-3H3,(H,25,31)(H2,26,27,30).